The number of H-pyrrole nitrogens is 1. The highest BCUT2D eigenvalue weighted by Crippen LogP contribution is 2.11. The molecule has 0 aliphatic rings. The van der Waals surface area contributed by atoms with Crippen LogP contribution in [-0.4, -0.2) is 22.0 Å². The van der Waals surface area contributed by atoms with Gasteiger partial charge in [0, 0.05) is 11.3 Å². The molecule has 1 aromatic carbocycles. The molecule has 0 aliphatic carbocycles. The molecule has 7 nitrogen and oxygen atoms in total. The lowest BCUT2D eigenvalue weighted by molar-refractivity contribution is -0.124. The van der Waals surface area contributed by atoms with Gasteiger partial charge in [-0.05, 0) is 6.07 Å². The highest BCUT2D eigenvalue weighted by Gasteiger charge is 2.15. The van der Waals surface area contributed by atoms with Gasteiger partial charge in [-0.15, -0.1) is 0 Å². The van der Waals surface area contributed by atoms with E-state index in [1.54, 1.807) is 38.1 Å². The highest BCUT2D eigenvalue weighted by molar-refractivity contribution is 6.05. The van der Waals surface area contributed by atoms with Gasteiger partial charge in [-0.2, -0.15) is 5.10 Å². The molecule has 20 heavy (non-hydrogen) atoms. The third-order valence-electron chi connectivity index (χ3n) is 2.73. The number of nitrogens with zero attached hydrogens (tertiary/aromatic N) is 1. The van der Waals surface area contributed by atoms with Crippen LogP contribution in [0.5, 0.6) is 0 Å². The van der Waals surface area contributed by atoms with Crippen LogP contribution in [0.15, 0.2) is 29.1 Å². The Morgan fingerprint density at radius 3 is 2.45 bits per heavy atom. The number of amides is 2. The largest absolute Gasteiger partial charge is 0.290 e. The number of aromatic amines is 1. The summed E-state index contributed by atoms with van der Waals surface area (Å²) in [5.41, 5.74) is 4.23. The number of rotatable bonds is 2. The zero-order valence-corrected chi connectivity index (χ0v) is 11.1. The molecule has 0 atom stereocenters. The first-order chi connectivity index (χ1) is 9.50. The van der Waals surface area contributed by atoms with Gasteiger partial charge in [0.2, 0.25) is 5.91 Å². The molecule has 0 spiro atoms. The summed E-state index contributed by atoms with van der Waals surface area (Å²) in [5.74, 6) is -1.16. The molecule has 2 aromatic rings. The number of carbonyl (C=O) groups excluding carboxylic acids is 2. The first kappa shape index (κ1) is 13.7. The van der Waals surface area contributed by atoms with Gasteiger partial charge >= 0.3 is 0 Å². The van der Waals surface area contributed by atoms with Gasteiger partial charge in [-0.3, -0.25) is 25.2 Å². The van der Waals surface area contributed by atoms with Crippen molar-refractivity contribution in [3.8, 4) is 0 Å². The van der Waals surface area contributed by atoms with E-state index in [-0.39, 0.29) is 23.1 Å². The van der Waals surface area contributed by atoms with Crippen LogP contribution in [0.25, 0.3) is 10.8 Å². The van der Waals surface area contributed by atoms with Gasteiger partial charge < -0.3 is 0 Å². The molecule has 0 fully saturated rings. The number of hydrogen-bond donors (Lipinski definition) is 3. The Morgan fingerprint density at radius 2 is 1.80 bits per heavy atom. The van der Waals surface area contributed by atoms with Crippen molar-refractivity contribution in [3.05, 3.63) is 40.3 Å². The summed E-state index contributed by atoms with van der Waals surface area (Å²) in [6.45, 7) is 3.41. The Balaban J connectivity index is 2.29. The van der Waals surface area contributed by atoms with Crippen LogP contribution in [0, 0.1) is 5.92 Å². The average molecular weight is 274 g/mol. The second kappa shape index (κ2) is 5.52. The predicted octanol–water partition coefficient (Wildman–Crippen LogP) is 0.340. The van der Waals surface area contributed by atoms with Crippen molar-refractivity contribution in [1.82, 2.24) is 21.0 Å². The van der Waals surface area contributed by atoms with Crippen LogP contribution in [0.4, 0.5) is 0 Å². The minimum Gasteiger partial charge on any atom is -0.273 e. The smallest absolute Gasteiger partial charge is 0.273 e. The summed E-state index contributed by atoms with van der Waals surface area (Å²) >= 11 is 0. The third kappa shape index (κ3) is 2.66. The molecule has 1 aromatic heterocycles. The Hall–Kier alpha value is -2.70. The average Bonchev–Trinajstić information content (AvgIpc) is 2.45. The first-order valence-corrected chi connectivity index (χ1v) is 6.08. The molecule has 3 N–H and O–H groups in total. The van der Waals surface area contributed by atoms with E-state index in [9.17, 15) is 14.4 Å². The van der Waals surface area contributed by atoms with Crippen molar-refractivity contribution in [2.75, 3.05) is 0 Å². The molecule has 0 aliphatic heterocycles. The molecule has 1 heterocycles. The minimum absolute atomic E-state index is 0.0456. The summed E-state index contributed by atoms with van der Waals surface area (Å²) in [4.78, 5) is 35.0. The van der Waals surface area contributed by atoms with Crippen molar-refractivity contribution < 1.29 is 9.59 Å². The van der Waals surface area contributed by atoms with E-state index in [4.69, 9.17) is 0 Å². The summed E-state index contributed by atoms with van der Waals surface area (Å²) in [6.07, 6.45) is 0. The van der Waals surface area contributed by atoms with Gasteiger partial charge in [0.25, 0.3) is 11.5 Å². The maximum atomic E-state index is 12.0. The van der Waals surface area contributed by atoms with E-state index in [0.29, 0.717) is 10.8 Å². The van der Waals surface area contributed by atoms with Crippen molar-refractivity contribution in [2.24, 2.45) is 5.92 Å². The number of hydrazine groups is 1. The molecular formula is C13H14N4O3. The molecule has 0 bridgehead atoms. The summed E-state index contributed by atoms with van der Waals surface area (Å²) in [5, 5.41) is 6.77. The SMILES string of the molecule is CC(C)C(=O)NNC(=O)c1n[nH]c(=O)c2ccccc12. The predicted molar refractivity (Wildman–Crippen MR) is 72.8 cm³/mol. The van der Waals surface area contributed by atoms with Gasteiger partial charge in [-0.25, -0.2) is 5.10 Å². The van der Waals surface area contributed by atoms with E-state index in [2.05, 4.69) is 21.0 Å². The van der Waals surface area contributed by atoms with Crippen molar-refractivity contribution in [1.29, 1.82) is 0 Å². The fourth-order valence-corrected chi connectivity index (χ4v) is 1.61. The van der Waals surface area contributed by atoms with Gasteiger partial charge in [-0.1, -0.05) is 32.0 Å². The lowest BCUT2D eigenvalue weighted by Gasteiger charge is -2.09. The van der Waals surface area contributed by atoms with Gasteiger partial charge in [0.15, 0.2) is 5.69 Å². The topological polar surface area (TPSA) is 104 Å². The van der Waals surface area contributed by atoms with Crippen molar-refractivity contribution >= 4 is 22.6 Å². The van der Waals surface area contributed by atoms with E-state index in [1.807, 2.05) is 0 Å². The Bertz CT molecular complexity index is 721. The molecule has 2 rings (SSSR count). The highest BCUT2D eigenvalue weighted by atomic mass is 16.2. The fourth-order valence-electron chi connectivity index (χ4n) is 1.61. The number of benzene rings is 1. The Labute approximate surface area is 114 Å². The van der Waals surface area contributed by atoms with E-state index >= 15 is 0 Å². The number of fused-ring (bicyclic) bond motifs is 1. The molecule has 0 radical (unpaired) electrons. The van der Waals surface area contributed by atoms with Gasteiger partial charge in [0.1, 0.15) is 0 Å². The molecule has 7 heteroatoms. The van der Waals surface area contributed by atoms with Crippen LogP contribution in [-0.2, 0) is 4.79 Å². The Morgan fingerprint density at radius 1 is 1.15 bits per heavy atom. The number of hydrogen-bond acceptors (Lipinski definition) is 4. The molecule has 0 saturated carbocycles. The monoisotopic (exact) mass is 274 g/mol. The first-order valence-electron chi connectivity index (χ1n) is 6.08. The lowest BCUT2D eigenvalue weighted by atomic mass is 10.1. The zero-order valence-electron chi connectivity index (χ0n) is 11.1. The molecule has 104 valence electrons. The normalized spacial score (nSPS) is 10.6. The summed E-state index contributed by atoms with van der Waals surface area (Å²) in [7, 11) is 0. The Kier molecular flexibility index (Phi) is 3.79. The molecule has 0 saturated heterocycles. The maximum absolute atomic E-state index is 12.0. The second-order valence-corrected chi connectivity index (χ2v) is 4.54. The van der Waals surface area contributed by atoms with Crippen LogP contribution in [0.2, 0.25) is 0 Å². The third-order valence-corrected chi connectivity index (χ3v) is 2.73. The minimum atomic E-state index is -0.591. The van der Waals surface area contributed by atoms with E-state index in [0.717, 1.165) is 0 Å². The van der Waals surface area contributed by atoms with Crippen LogP contribution < -0.4 is 16.4 Å². The number of nitrogens with one attached hydrogen (secondary N) is 3. The second-order valence-electron chi connectivity index (χ2n) is 4.54. The lowest BCUT2D eigenvalue weighted by Crippen LogP contribution is -2.44. The molecular weight excluding hydrogens is 260 g/mol. The van der Waals surface area contributed by atoms with Crippen molar-refractivity contribution in [2.45, 2.75) is 13.8 Å². The van der Waals surface area contributed by atoms with Crippen LogP contribution in [0.1, 0.15) is 24.3 Å². The van der Waals surface area contributed by atoms with Crippen LogP contribution >= 0.6 is 0 Å². The fraction of sp³-hybridized carbons (Fsp3) is 0.231. The van der Waals surface area contributed by atoms with Crippen LogP contribution in [0.3, 0.4) is 0 Å². The van der Waals surface area contributed by atoms with Gasteiger partial charge in [0.05, 0.1) is 5.39 Å². The quantitative estimate of drug-likeness (QED) is 0.687. The summed E-state index contributed by atoms with van der Waals surface area (Å²) in [6, 6.07) is 6.61. The molecule has 2 amide bonds. The maximum Gasteiger partial charge on any atom is 0.290 e. The van der Waals surface area contributed by atoms with E-state index < -0.39 is 5.91 Å². The zero-order chi connectivity index (χ0) is 14.7. The molecule has 0 unspecified atom stereocenters. The number of carbonyl (C=O) groups is 2. The van der Waals surface area contributed by atoms with Crippen molar-refractivity contribution in [3.63, 3.8) is 0 Å². The number of aromatic nitrogens is 2. The van der Waals surface area contributed by atoms with E-state index in [1.165, 1.54) is 0 Å². The standard InChI is InChI=1S/C13H14N4O3/c1-7(2)11(18)15-17-13(20)10-8-5-3-4-6-9(8)12(19)16-14-10/h3-7H,1-2H3,(H,15,18)(H,16,19)(H,17,20). The summed E-state index contributed by atoms with van der Waals surface area (Å²) < 4.78 is 0.